The van der Waals surface area contributed by atoms with E-state index in [1.165, 1.54) is 24.3 Å². The van der Waals surface area contributed by atoms with Gasteiger partial charge in [0.25, 0.3) is 5.91 Å². The Hall–Kier alpha value is -2.84. The molecule has 45 heavy (non-hydrogen) atoms. The number of hydrogen-bond acceptors (Lipinski definition) is 11. The fourth-order valence-corrected chi connectivity index (χ4v) is 6.12. The lowest BCUT2D eigenvalue weighted by Crippen LogP contribution is -2.37. The van der Waals surface area contributed by atoms with Gasteiger partial charge in [0.05, 0.1) is 10.6 Å². The largest absolute Gasteiger partial charge is 0.541 e. The minimum absolute atomic E-state index is 0.0689. The number of rotatable bonds is 19. The lowest BCUT2D eigenvalue weighted by Gasteiger charge is -2.24. The first-order valence-corrected chi connectivity index (χ1v) is 17.7. The van der Waals surface area contributed by atoms with Crippen molar-refractivity contribution in [3.63, 3.8) is 0 Å². The fraction of sp³-hybridized carbons (Fsp3) is 0.586. The summed E-state index contributed by atoms with van der Waals surface area (Å²) >= 11 is 5.36. The number of carbonyl (C=O) groups excluding carboxylic acids is 3. The molecule has 0 saturated heterocycles. The normalized spacial score (nSPS) is 14.7. The number of nitrogens with zero attached hydrogens (tertiary/aromatic N) is 2. The molecule has 2 amide bonds. The highest BCUT2D eigenvalue weighted by atomic mass is 32.1. The maximum absolute atomic E-state index is 13.4. The van der Waals surface area contributed by atoms with Crippen molar-refractivity contribution >= 4 is 55.2 Å². The predicted octanol–water partition coefficient (Wildman–Crippen LogP) is 5.66. The standard InChI is InChI=1S/C29H44N5O8PS2/c1-17(2)12-21(13-20-9-10-25(42-43(39,40)34-38)23(14-20)32-27(36)8-7-11-44)31-28(37)24-16-45-29(33-24)26(41-19(5)35)15-22(30-6)18(3)4/h9-10,14,16-18,21-22,26,30,44H,7-8,11-13,15H2,1-6H3,(H,31,37)(H,32,36)(H,39,40)/t21-,22?,26-/m1/s1. The lowest BCUT2D eigenvalue weighted by atomic mass is 9.96. The van der Waals surface area contributed by atoms with Gasteiger partial charge in [-0.3, -0.25) is 19.3 Å². The third-order valence-electron chi connectivity index (χ3n) is 6.76. The highest BCUT2D eigenvalue weighted by molar-refractivity contribution is 7.80. The van der Waals surface area contributed by atoms with E-state index in [0.717, 1.165) is 0 Å². The van der Waals surface area contributed by atoms with Crippen molar-refractivity contribution in [1.29, 1.82) is 0 Å². The van der Waals surface area contributed by atoms with Crippen LogP contribution in [0, 0.1) is 16.7 Å². The first kappa shape index (κ1) is 38.3. The van der Waals surface area contributed by atoms with Crippen molar-refractivity contribution in [2.45, 2.75) is 84.9 Å². The van der Waals surface area contributed by atoms with Crippen molar-refractivity contribution in [2.75, 3.05) is 18.1 Å². The molecular formula is C29H44N5O8PS2. The van der Waals surface area contributed by atoms with Crippen molar-refractivity contribution in [3.05, 3.63) is 44.8 Å². The molecule has 2 rings (SSSR count). The molecule has 2 aromatic rings. The van der Waals surface area contributed by atoms with Crippen LogP contribution in [0.25, 0.3) is 0 Å². The zero-order valence-electron chi connectivity index (χ0n) is 26.4. The summed E-state index contributed by atoms with van der Waals surface area (Å²) in [4.78, 5) is 64.7. The Labute approximate surface area is 273 Å². The average molecular weight is 686 g/mol. The first-order chi connectivity index (χ1) is 21.2. The number of hydrogen-bond donors (Lipinski definition) is 5. The molecule has 0 radical (unpaired) electrons. The number of ether oxygens (including phenoxy) is 1. The lowest BCUT2D eigenvalue weighted by molar-refractivity contribution is -0.147. The second kappa shape index (κ2) is 18.3. The van der Waals surface area contributed by atoms with Crippen LogP contribution >= 0.6 is 31.7 Å². The molecule has 0 aliphatic carbocycles. The zero-order valence-corrected chi connectivity index (χ0v) is 29.0. The molecular weight excluding hydrogens is 641 g/mol. The van der Waals surface area contributed by atoms with E-state index in [4.69, 9.17) is 9.26 Å². The Morgan fingerprint density at radius 2 is 1.89 bits per heavy atom. The van der Waals surface area contributed by atoms with E-state index in [0.29, 0.717) is 42.0 Å². The maximum Gasteiger partial charge on any atom is 0.541 e. The number of benzene rings is 1. The van der Waals surface area contributed by atoms with Crippen LogP contribution in [0.4, 0.5) is 5.69 Å². The number of nitroso groups, excluding NO2 is 1. The summed E-state index contributed by atoms with van der Waals surface area (Å²) in [5.74, 6) is -0.398. The predicted molar refractivity (Wildman–Crippen MR) is 178 cm³/mol. The Morgan fingerprint density at radius 1 is 1.18 bits per heavy atom. The van der Waals surface area contributed by atoms with E-state index >= 15 is 0 Å². The van der Waals surface area contributed by atoms with Gasteiger partial charge in [-0.2, -0.15) is 12.6 Å². The Morgan fingerprint density at radius 3 is 2.47 bits per heavy atom. The summed E-state index contributed by atoms with van der Waals surface area (Å²) in [5, 5.41) is 11.1. The van der Waals surface area contributed by atoms with Crippen LogP contribution in [0.3, 0.4) is 0 Å². The van der Waals surface area contributed by atoms with Crippen LogP contribution in [0.5, 0.6) is 5.75 Å². The van der Waals surface area contributed by atoms with Crippen molar-refractivity contribution in [1.82, 2.24) is 15.6 Å². The Balaban J connectivity index is 2.30. The monoisotopic (exact) mass is 685 g/mol. The molecule has 13 nitrogen and oxygen atoms in total. The number of anilines is 1. The molecule has 0 saturated carbocycles. The molecule has 0 aliphatic heterocycles. The van der Waals surface area contributed by atoms with Crippen LogP contribution in [-0.2, 0) is 25.3 Å². The number of esters is 1. The van der Waals surface area contributed by atoms with E-state index in [1.54, 1.807) is 17.5 Å². The SMILES string of the molecule is CNC(C[C@@H](OC(C)=O)c1nc(C(=O)N[C@@H](Cc2ccc(OP(=O)(O)N=O)c(NC(=O)CCCS)c2)CC(C)C)cs1)C(C)C. The topological polar surface area (TPSA) is 185 Å². The van der Waals surface area contributed by atoms with Crippen LogP contribution in [0.1, 0.15) is 87.5 Å². The van der Waals surface area contributed by atoms with Gasteiger partial charge >= 0.3 is 13.7 Å². The molecule has 0 fully saturated rings. The zero-order chi connectivity index (χ0) is 33.7. The van der Waals surface area contributed by atoms with E-state index in [1.807, 2.05) is 20.9 Å². The number of aromatic nitrogens is 1. The fourth-order valence-electron chi connectivity index (χ4n) is 4.68. The molecule has 0 bridgehead atoms. The van der Waals surface area contributed by atoms with Crippen molar-refractivity contribution in [3.8, 4) is 5.75 Å². The third kappa shape index (κ3) is 13.2. The highest BCUT2D eigenvalue weighted by Gasteiger charge is 2.27. The summed E-state index contributed by atoms with van der Waals surface area (Å²) in [6, 6.07) is 4.26. The van der Waals surface area contributed by atoms with Gasteiger partial charge in [0, 0.05) is 37.2 Å². The molecule has 1 heterocycles. The molecule has 4 atom stereocenters. The van der Waals surface area contributed by atoms with Crippen molar-refractivity contribution < 1.29 is 33.1 Å². The summed E-state index contributed by atoms with van der Waals surface area (Å²) in [6.45, 7) is 9.51. The van der Waals surface area contributed by atoms with Crippen LogP contribution < -0.4 is 20.5 Å². The molecule has 2 unspecified atom stereocenters. The van der Waals surface area contributed by atoms with Gasteiger partial charge in [-0.15, -0.1) is 16.2 Å². The Bertz CT molecular complexity index is 1360. The van der Waals surface area contributed by atoms with Crippen LogP contribution in [0.15, 0.2) is 28.5 Å². The summed E-state index contributed by atoms with van der Waals surface area (Å²) in [7, 11) is -2.97. The molecule has 1 aromatic heterocycles. The maximum atomic E-state index is 13.4. The van der Waals surface area contributed by atoms with Gasteiger partial charge in [-0.25, -0.2) is 9.55 Å². The van der Waals surface area contributed by atoms with Gasteiger partial charge in [0.1, 0.15) is 10.7 Å². The molecule has 16 heteroatoms. The average Bonchev–Trinajstić information content (AvgIpc) is 3.45. The molecule has 0 aliphatic rings. The van der Waals surface area contributed by atoms with Crippen LogP contribution in [-0.4, -0.2) is 52.5 Å². The van der Waals surface area contributed by atoms with Gasteiger partial charge < -0.3 is 25.2 Å². The molecule has 4 N–H and O–H groups in total. The molecule has 1 aromatic carbocycles. The first-order valence-electron chi connectivity index (χ1n) is 14.7. The van der Waals surface area contributed by atoms with E-state index in [-0.39, 0.29) is 53.4 Å². The summed E-state index contributed by atoms with van der Waals surface area (Å²) in [5.41, 5.74) is 0.976. The minimum Gasteiger partial charge on any atom is -0.455 e. The quantitative estimate of drug-likeness (QED) is 0.0535. The van der Waals surface area contributed by atoms with E-state index in [9.17, 15) is 28.7 Å². The van der Waals surface area contributed by atoms with Gasteiger partial charge in [-0.05, 0) is 61.6 Å². The third-order valence-corrected chi connectivity index (χ3v) is 8.65. The highest BCUT2D eigenvalue weighted by Crippen LogP contribution is 2.46. The van der Waals surface area contributed by atoms with Gasteiger partial charge in [0.15, 0.2) is 11.9 Å². The minimum atomic E-state index is -4.82. The van der Waals surface area contributed by atoms with E-state index < -0.39 is 25.7 Å². The van der Waals surface area contributed by atoms with Gasteiger partial charge in [-0.1, -0.05) is 33.8 Å². The van der Waals surface area contributed by atoms with Crippen molar-refractivity contribution in [2.24, 2.45) is 16.8 Å². The van der Waals surface area contributed by atoms with E-state index in [2.05, 4.69) is 52.4 Å². The smallest absolute Gasteiger partial charge is 0.455 e. The number of thiol groups is 1. The molecule has 0 spiro atoms. The number of nitrogens with one attached hydrogen (secondary N) is 3. The second-order valence-electron chi connectivity index (χ2n) is 11.4. The Kier molecular flexibility index (Phi) is 15.6. The number of thiazole rings is 1. The summed E-state index contributed by atoms with van der Waals surface area (Å²) < 4.78 is 22.3. The summed E-state index contributed by atoms with van der Waals surface area (Å²) in [6.07, 6.45) is 1.52. The number of amides is 2. The number of carbonyl (C=O) groups is 3. The second-order valence-corrected chi connectivity index (χ2v) is 14.1. The van der Waals surface area contributed by atoms with Gasteiger partial charge in [0.2, 0.25) is 5.91 Å². The molecule has 250 valence electrons. The van der Waals surface area contributed by atoms with Crippen LogP contribution in [0.2, 0.25) is 0 Å².